The molecule has 0 aliphatic carbocycles. The highest BCUT2D eigenvalue weighted by Gasteiger charge is 2.20. The molecule has 0 rings (SSSR count). The fourth-order valence-electron chi connectivity index (χ4n) is 0.875. The van der Waals surface area contributed by atoms with Gasteiger partial charge in [0.25, 0.3) is 0 Å². The van der Waals surface area contributed by atoms with Crippen molar-refractivity contribution in [3.05, 3.63) is 0 Å². The summed E-state index contributed by atoms with van der Waals surface area (Å²) in [4.78, 5) is 10.6. The molecule has 0 aromatic carbocycles. The van der Waals surface area contributed by atoms with E-state index in [-0.39, 0.29) is 5.92 Å². The molecule has 2 atom stereocenters. The van der Waals surface area contributed by atoms with E-state index in [9.17, 15) is 4.79 Å². The van der Waals surface area contributed by atoms with E-state index in [0.29, 0.717) is 12.8 Å². The number of amides is 1. The van der Waals surface area contributed by atoms with Crippen molar-refractivity contribution in [2.45, 2.75) is 25.8 Å². The molecule has 2 unspecified atom stereocenters. The summed E-state index contributed by atoms with van der Waals surface area (Å²) in [5, 5.41) is 8.34. The van der Waals surface area contributed by atoms with Crippen molar-refractivity contribution in [2.24, 2.45) is 17.4 Å². The summed E-state index contributed by atoms with van der Waals surface area (Å²) < 4.78 is 0. The van der Waals surface area contributed by atoms with Crippen LogP contribution >= 0.6 is 0 Å². The molecule has 0 aliphatic heterocycles. The van der Waals surface area contributed by atoms with Crippen LogP contribution in [0, 0.1) is 17.2 Å². The van der Waals surface area contributed by atoms with Crippen LogP contribution in [-0.4, -0.2) is 11.9 Å². The molecule has 0 heterocycles. The van der Waals surface area contributed by atoms with Crippen molar-refractivity contribution in [2.75, 3.05) is 0 Å². The maximum Gasteiger partial charge on any atom is 0.234 e. The minimum atomic E-state index is -0.681. The number of hydrogen-bond acceptors (Lipinski definition) is 3. The van der Waals surface area contributed by atoms with Crippen LogP contribution in [0.3, 0.4) is 0 Å². The highest BCUT2D eigenvalue weighted by molar-refractivity contribution is 5.79. The third-order valence-corrected chi connectivity index (χ3v) is 1.71. The zero-order valence-corrected chi connectivity index (χ0v) is 6.58. The Balaban J connectivity index is 4.04. The van der Waals surface area contributed by atoms with Gasteiger partial charge < -0.3 is 11.5 Å². The van der Waals surface area contributed by atoms with Gasteiger partial charge in [0.15, 0.2) is 0 Å². The number of rotatable bonds is 4. The lowest BCUT2D eigenvalue weighted by molar-refractivity contribution is -0.120. The van der Waals surface area contributed by atoms with Gasteiger partial charge in [-0.2, -0.15) is 5.26 Å². The number of nitrogens with zero attached hydrogens (tertiary/aromatic N) is 1. The standard InChI is InChI=1S/C7H13N3O/c1-2-5(3-4-8)6(9)7(10)11/h5-6H,2-3,9H2,1H3,(H2,10,11). The van der Waals surface area contributed by atoms with Gasteiger partial charge in [-0.15, -0.1) is 0 Å². The van der Waals surface area contributed by atoms with Gasteiger partial charge in [-0.1, -0.05) is 13.3 Å². The second-order valence-corrected chi connectivity index (χ2v) is 2.46. The normalized spacial score (nSPS) is 15.0. The average molecular weight is 155 g/mol. The number of carbonyl (C=O) groups is 1. The minimum absolute atomic E-state index is 0.0995. The monoisotopic (exact) mass is 155 g/mol. The first-order valence-electron chi connectivity index (χ1n) is 3.55. The van der Waals surface area contributed by atoms with E-state index < -0.39 is 11.9 Å². The van der Waals surface area contributed by atoms with Crippen LogP contribution in [0.5, 0.6) is 0 Å². The summed E-state index contributed by atoms with van der Waals surface area (Å²) in [7, 11) is 0. The Morgan fingerprint density at radius 2 is 2.27 bits per heavy atom. The SMILES string of the molecule is CCC(CC#N)C(N)C(N)=O. The highest BCUT2D eigenvalue weighted by atomic mass is 16.1. The topological polar surface area (TPSA) is 92.9 Å². The Hall–Kier alpha value is -1.08. The maximum absolute atomic E-state index is 10.6. The molecular weight excluding hydrogens is 142 g/mol. The van der Waals surface area contributed by atoms with Gasteiger partial charge in [-0.3, -0.25) is 4.79 Å². The zero-order valence-electron chi connectivity index (χ0n) is 6.58. The van der Waals surface area contributed by atoms with Crippen molar-refractivity contribution in [3.63, 3.8) is 0 Å². The number of hydrogen-bond donors (Lipinski definition) is 2. The first kappa shape index (κ1) is 9.92. The molecule has 0 spiro atoms. The largest absolute Gasteiger partial charge is 0.368 e. The fourth-order valence-corrected chi connectivity index (χ4v) is 0.875. The summed E-state index contributed by atoms with van der Waals surface area (Å²) >= 11 is 0. The Kier molecular flexibility index (Phi) is 4.23. The Labute approximate surface area is 66.2 Å². The molecule has 4 N–H and O–H groups in total. The van der Waals surface area contributed by atoms with Crippen LogP contribution in [0.4, 0.5) is 0 Å². The molecule has 0 radical (unpaired) electrons. The molecule has 0 saturated carbocycles. The predicted molar refractivity (Wildman–Crippen MR) is 41.2 cm³/mol. The summed E-state index contributed by atoms with van der Waals surface area (Å²) in [6, 6.07) is 1.29. The van der Waals surface area contributed by atoms with Gasteiger partial charge in [-0.05, 0) is 5.92 Å². The Morgan fingerprint density at radius 1 is 1.73 bits per heavy atom. The van der Waals surface area contributed by atoms with E-state index in [0.717, 1.165) is 0 Å². The lowest BCUT2D eigenvalue weighted by atomic mass is 9.94. The molecule has 4 nitrogen and oxygen atoms in total. The Morgan fingerprint density at radius 3 is 2.55 bits per heavy atom. The lowest BCUT2D eigenvalue weighted by Gasteiger charge is -2.15. The smallest absolute Gasteiger partial charge is 0.234 e. The van der Waals surface area contributed by atoms with E-state index >= 15 is 0 Å². The molecule has 0 saturated heterocycles. The van der Waals surface area contributed by atoms with Crippen molar-refractivity contribution >= 4 is 5.91 Å². The van der Waals surface area contributed by atoms with Crippen molar-refractivity contribution in [3.8, 4) is 6.07 Å². The number of primary amides is 1. The second-order valence-electron chi connectivity index (χ2n) is 2.46. The van der Waals surface area contributed by atoms with Gasteiger partial charge in [0.1, 0.15) is 0 Å². The van der Waals surface area contributed by atoms with Crippen LogP contribution in [0.25, 0.3) is 0 Å². The number of nitriles is 1. The van der Waals surface area contributed by atoms with Crippen molar-refractivity contribution < 1.29 is 4.79 Å². The quantitative estimate of drug-likeness (QED) is 0.585. The van der Waals surface area contributed by atoms with Crippen LogP contribution in [-0.2, 0) is 4.79 Å². The first-order chi connectivity index (χ1) is 5.13. The number of nitrogens with two attached hydrogens (primary N) is 2. The van der Waals surface area contributed by atoms with Crippen molar-refractivity contribution in [1.82, 2.24) is 0 Å². The van der Waals surface area contributed by atoms with E-state index in [2.05, 4.69) is 0 Å². The maximum atomic E-state index is 10.6. The fraction of sp³-hybridized carbons (Fsp3) is 0.714. The van der Waals surface area contributed by atoms with E-state index in [1.165, 1.54) is 0 Å². The highest BCUT2D eigenvalue weighted by Crippen LogP contribution is 2.10. The summed E-state index contributed by atoms with van der Waals surface area (Å²) in [5.41, 5.74) is 10.4. The molecule has 4 heteroatoms. The van der Waals surface area contributed by atoms with Gasteiger partial charge in [-0.25, -0.2) is 0 Å². The molecule has 0 fully saturated rings. The van der Waals surface area contributed by atoms with Crippen LogP contribution in [0.1, 0.15) is 19.8 Å². The Bertz CT molecular complexity index is 173. The second kappa shape index (κ2) is 4.69. The summed E-state index contributed by atoms with van der Waals surface area (Å²) in [5.74, 6) is -0.635. The summed E-state index contributed by atoms with van der Waals surface area (Å²) in [6.45, 7) is 1.88. The third-order valence-electron chi connectivity index (χ3n) is 1.71. The average Bonchev–Trinajstić information content (AvgIpc) is 1.98. The molecule has 0 bridgehead atoms. The lowest BCUT2D eigenvalue weighted by Crippen LogP contribution is -2.42. The van der Waals surface area contributed by atoms with Crippen LogP contribution in [0.15, 0.2) is 0 Å². The molecule has 62 valence electrons. The summed E-state index contributed by atoms with van der Waals surface area (Å²) in [6.07, 6.45) is 0.998. The van der Waals surface area contributed by atoms with Gasteiger partial charge in [0, 0.05) is 6.42 Å². The van der Waals surface area contributed by atoms with Gasteiger partial charge in [0.05, 0.1) is 12.1 Å². The van der Waals surface area contributed by atoms with E-state index in [1.54, 1.807) is 0 Å². The number of carbonyl (C=O) groups excluding carboxylic acids is 1. The van der Waals surface area contributed by atoms with E-state index in [4.69, 9.17) is 16.7 Å². The van der Waals surface area contributed by atoms with Gasteiger partial charge in [0.2, 0.25) is 5.91 Å². The molecule has 11 heavy (non-hydrogen) atoms. The molecule has 1 amide bonds. The molecule has 0 aromatic heterocycles. The third kappa shape index (κ3) is 3.01. The predicted octanol–water partition coefficient (Wildman–Crippen LogP) is -0.261. The zero-order chi connectivity index (χ0) is 8.85. The molecular formula is C7H13N3O. The van der Waals surface area contributed by atoms with Crippen LogP contribution in [0.2, 0.25) is 0 Å². The first-order valence-corrected chi connectivity index (χ1v) is 3.55. The van der Waals surface area contributed by atoms with Crippen molar-refractivity contribution in [1.29, 1.82) is 5.26 Å². The molecule has 0 aliphatic rings. The van der Waals surface area contributed by atoms with E-state index in [1.807, 2.05) is 13.0 Å². The minimum Gasteiger partial charge on any atom is -0.368 e. The van der Waals surface area contributed by atoms with Crippen LogP contribution < -0.4 is 11.5 Å². The van der Waals surface area contributed by atoms with Gasteiger partial charge >= 0.3 is 0 Å². The molecule has 0 aromatic rings.